The highest BCUT2D eigenvalue weighted by atomic mass is 16.5. The molecule has 0 saturated heterocycles. The highest BCUT2D eigenvalue weighted by Crippen LogP contribution is 2.38. The van der Waals surface area contributed by atoms with Gasteiger partial charge in [0.1, 0.15) is 5.41 Å². The maximum absolute atomic E-state index is 13.2. The van der Waals surface area contributed by atoms with Gasteiger partial charge in [-0.15, -0.1) is 0 Å². The molecule has 33 heavy (non-hydrogen) atoms. The zero-order valence-corrected chi connectivity index (χ0v) is 21.2. The van der Waals surface area contributed by atoms with Crippen molar-refractivity contribution < 1.29 is 9.53 Å². The zero-order chi connectivity index (χ0) is 23.6. The summed E-state index contributed by atoms with van der Waals surface area (Å²) in [6.07, 6.45) is 19.4. The maximum Gasteiger partial charge on any atom is 0.320 e. The van der Waals surface area contributed by atoms with Crippen molar-refractivity contribution in [1.29, 1.82) is 0 Å². The zero-order valence-electron chi connectivity index (χ0n) is 21.2. The van der Waals surface area contributed by atoms with Crippen molar-refractivity contribution in [2.24, 2.45) is 0 Å². The normalized spacial score (nSPS) is 11.5. The molecule has 182 valence electrons. The van der Waals surface area contributed by atoms with Crippen LogP contribution in [0.2, 0.25) is 0 Å². The Bertz CT molecular complexity index is 699. The fourth-order valence-corrected chi connectivity index (χ4v) is 5.00. The van der Waals surface area contributed by atoms with Crippen LogP contribution in [-0.2, 0) is 14.9 Å². The summed E-state index contributed by atoms with van der Waals surface area (Å²) in [4.78, 5) is 13.2. The number of ether oxygens (including phenoxy) is 1. The van der Waals surface area contributed by atoms with E-state index in [1.54, 1.807) is 0 Å². The van der Waals surface area contributed by atoms with E-state index < -0.39 is 5.41 Å². The molecule has 0 bridgehead atoms. The van der Waals surface area contributed by atoms with Crippen molar-refractivity contribution in [3.63, 3.8) is 0 Å². The predicted molar refractivity (Wildman–Crippen MR) is 141 cm³/mol. The van der Waals surface area contributed by atoms with E-state index in [0.717, 1.165) is 30.4 Å². The topological polar surface area (TPSA) is 26.3 Å². The van der Waals surface area contributed by atoms with E-state index in [-0.39, 0.29) is 5.97 Å². The van der Waals surface area contributed by atoms with Gasteiger partial charge in [0.2, 0.25) is 0 Å². The van der Waals surface area contributed by atoms with Crippen LogP contribution in [0.25, 0.3) is 0 Å². The standard InChI is InChI=1S/C31H46O2/c1-3-4-5-6-7-8-9-10-11-12-13-14-15-22-27-31(30(32)33-2,28-23-18-16-19-24-28)29-25-20-17-21-26-29/h16-21,23-26H,3-15,22,27H2,1-2H3. The first-order chi connectivity index (χ1) is 16.3. The Hall–Kier alpha value is -2.09. The molecule has 0 amide bonds. The van der Waals surface area contributed by atoms with Crippen LogP contribution < -0.4 is 0 Å². The van der Waals surface area contributed by atoms with Gasteiger partial charge in [-0.3, -0.25) is 4.79 Å². The van der Waals surface area contributed by atoms with Gasteiger partial charge < -0.3 is 4.74 Å². The molecule has 0 aromatic heterocycles. The minimum absolute atomic E-state index is 0.158. The van der Waals surface area contributed by atoms with Gasteiger partial charge in [0.15, 0.2) is 0 Å². The fourth-order valence-electron chi connectivity index (χ4n) is 5.00. The molecule has 0 aliphatic carbocycles. The van der Waals surface area contributed by atoms with Crippen molar-refractivity contribution in [3.05, 3.63) is 71.8 Å². The van der Waals surface area contributed by atoms with Crippen LogP contribution in [0.3, 0.4) is 0 Å². The molecular formula is C31H46O2. The smallest absolute Gasteiger partial charge is 0.320 e. The largest absolute Gasteiger partial charge is 0.468 e. The Morgan fingerprint density at radius 3 is 1.33 bits per heavy atom. The summed E-state index contributed by atoms with van der Waals surface area (Å²) < 4.78 is 5.36. The lowest BCUT2D eigenvalue weighted by Crippen LogP contribution is -2.38. The SMILES string of the molecule is CCCCCCCCCCCCCCCCC(C(=O)OC)(c1ccccc1)c1ccccc1. The number of hydrogen-bond acceptors (Lipinski definition) is 2. The molecule has 2 nitrogen and oxygen atoms in total. The van der Waals surface area contributed by atoms with Gasteiger partial charge in [-0.25, -0.2) is 0 Å². The van der Waals surface area contributed by atoms with Crippen molar-refractivity contribution >= 4 is 5.97 Å². The lowest BCUT2D eigenvalue weighted by molar-refractivity contribution is -0.146. The molecule has 0 aliphatic rings. The lowest BCUT2D eigenvalue weighted by atomic mass is 9.71. The molecule has 0 heterocycles. The second kappa shape index (κ2) is 16.5. The van der Waals surface area contributed by atoms with Crippen LogP contribution >= 0.6 is 0 Å². The van der Waals surface area contributed by atoms with Gasteiger partial charge in [0, 0.05) is 0 Å². The van der Waals surface area contributed by atoms with Crippen LogP contribution in [0, 0.1) is 0 Å². The first-order valence-electron chi connectivity index (χ1n) is 13.4. The molecular weight excluding hydrogens is 404 g/mol. The summed E-state index contributed by atoms with van der Waals surface area (Å²) in [5, 5.41) is 0. The molecule has 0 fully saturated rings. The molecule has 0 N–H and O–H groups in total. The number of carbonyl (C=O) groups is 1. The highest BCUT2D eigenvalue weighted by Gasteiger charge is 2.42. The molecule has 2 aromatic carbocycles. The van der Waals surface area contributed by atoms with E-state index in [9.17, 15) is 4.79 Å². The molecule has 0 radical (unpaired) electrons. The number of hydrogen-bond donors (Lipinski definition) is 0. The minimum Gasteiger partial charge on any atom is -0.468 e. The first kappa shape index (κ1) is 27.2. The van der Waals surface area contributed by atoms with Gasteiger partial charge in [0.05, 0.1) is 7.11 Å². The Balaban J connectivity index is 1.76. The number of esters is 1. The number of unbranched alkanes of at least 4 members (excludes halogenated alkanes) is 13. The van der Waals surface area contributed by atoms with Gasteiger partial charge in [-0.2, -0.15) is 0 Å². The molecule has 0 spiro atoms. The Labute approximate surface area is 203 Å². The van der Waals surface area contributed by atoms with E-state index >= 15 is 0 Å². The molecule has 0 atom stereocenters. The average molecular weight is 451 g/mol. The van der Waals surface area contributed by atoms with Gasteiger partial charge >= 0.3 is 5.97 Å². The van der Waals surface area contributed by atoms with Crippen LogP contribution in [0.4, 0.5) is 0 Å². The number of rotatable bonds is 18. The maximum atomic E-state index is 13.2. The summed E-state index contributed by atoms with van der Waals surface area (Å²) >= 11 is 0. The summed E-state index contributed by atoms with van der Waals surface area (Å²) in [5.41, 5.74) is 1.32. The van der Waals surface area contributed by atoms with Crippen LogP contribution in [0.1, 0.15) is 114 Å². The van der Waals surface area contributed by atoms with E-state index in [2.05, 4.69) is 31.2 Å². The molecule has 0 saturated carbocycles. The predicted octanol–water partition coefficient (Wildman–Crippen LogP) is 9.02. The molecule has 2 aromatic rings. The third-order valence-corrected chi connectivity index (χ3v) is 6.97. The van der Waals surface area contributed by atoms with Gasteiger partial charge in [-0.1, -0.05) is 157 Å². The van der Waals surface area contributed by atoms with E-state index in [1.807, 2.05) is 36.4 Å². The van der Waals surface area contributed by atoms with Crippen LogP contribution in [0.5, 0.6) is 0 Å². The van der Waals surface area contributed by atoms with Crippen molar-refractivity contribution in [2.45, 2.75) is 109 Å². The molecule has 0 unspecified atom stereocenters. The van der Waals surface area contributed by atoms with Gasteiger partial charge in [0.25, 0.3) is 0 Å². The first-order valence-corrected chi connectivity index (χ1v) is 13.4. The minimum atomic E-state index is -0.728. The van der Waals surface area contributed by atoms with Crippen LogP contribution in [0.15, 0.2) is 60.7 Å². The summed E-state index contributed by atoms with van der Waals surface area (Å²) in [5.74, 6) is -0.158. The Kier molecular flexibility index (Phi) is 13.6. The van der Waals surface area contributed by atoms with E-state index in [0.29, 0.717) is 0 Å². The number of methoxy groups -OCH3 is 1. The average Bonchev–Trinajstić information content (AvgIpc) is 2.87. The summed E-state index contributed by atoms with van der Waals surface area (Å²) in [6.45, 7) is 2.28. The second-order valence-electron chi connectivity index (χ2n) is 9.48. The third kappa shape index (κ3) is 8.99. The van der Waals surface area contributed by atoms with Gasteiger partial charge in [-0.05, 0) is 17.5 Å². The molecule has 2 heteroatoms. The third-order valence-electron chi connectivity index (χ3n) is 6.97. The quantitative estimate of drug-likeness (QED) is 0.167. The monoisotopic (exact) mass is 450 g/mol. The second-order valence-corrected chi connectivity index (χ2v) is 9.48. The Morgan fingerprint density at radius 1 is 0.606 bits per heavy atom. The lowest BCUT2D eigenvalue weighted by Gasteiger charge is -2.32. The van der Waals surface area contributed by atoms with Crippen molar-refractivity contribution in [2.75, 3.05) is 7.11 Å². The highest BCUT2D eigenvalue weighted by molar-refractivity contribution is 5.87. The summed E-state index contributed by atoms with van der Waals surface area (Å²) in [7, 11) is 1.51. The fraction of sp³-hybridized carbons (Fsp3) is 0.581. The van der Waals surface area contributed by atoms with E-state index in [1.165, 1.54) is 84.2 Å². The summed E-state index contributed by atoms with van der Waals surface area (Å²) in [6, 6.07) is 20.3. The van der Waals surface area contributed by atoms with E-state index in [4.69, 9.17) is 4.74 Å². The van der Waals surface area contributed by atoms with Crippen molar-refractivity contribution in [3.8, 4) is 0 Å². The van der Waals surface area contributed by atoms with Crippen LogP contribution in [-0.4, -0.2) is 13.1 Å². The number of benzene rings is 2. The molecule has 2 rings (SSSR count). The molecule has 0 aliphatic heterocycles. The van der Waals surface area contributed by atoms with Crippen molar-refractivity contribution in [1.82, 2.24) is 0 Å². The Morgan fingerprint density at radius 2 is 0.970 bits per heavy atom. The number of carbonyl (C=O) groups excluding carboxylic acids is 1.